The third-order valence-corrected chi connectivity index (χ3v) is 6.70. The fourth-order valence-electron chi connectivity index (χ4n) is 4.33. The van der Waals surface area contributed by atoms with Gasteiger partial charge in [0.05, 0.1) is 18.1 Å². The van der Waals surface area contributed by atoms with Crippen molar-refractivity contribution >= 4 is 52.0 Å². The van der Waals surface area contributed by atoms with Crippen molar-refractivity contribution in [2.75, 3.05) is 44.2 Å². The molecule has 0 saturated carbocycles. The zero-order chi connectivity index (χ0) is 25.9. The van der Waals surface area contributed by atoms with Crippen LogP contribution in [0.5, 0.6) is 0 Å². The van der Waals surface area contributed by atoms with Gasteiger partial charge in [-0.2, -0.15) is 0 Å². The van der Waals surface area contributed by atoms with Crippen molar-refractivity contribution in [3.8, 4) is 17.1 Å². The van der Waals surface area contributed by atoms with Gasteiger partial charge in [-0.05, 0) is 36.4 Å². The van der Waals surface area contributed by atoms with Crippen molar-refractivity contribution in [1.29, 1.82) is 0 Å². The summed E-state index contributed by atoms with van der Waals surface area (Å²) in [6, 6.07) is 15.0. The van der Waals surface area contributed by atoms with Gasteiger partial charge in [0.15, 0.2) is 17.0 Å². The Morgan fingerprint density at radius 3 is 2.41 bits per heavy atom. The van der Waals surface area contributed by atoms with E-state index in [9.17, 15) is 9.59 Å². The third kappa shape index (κ3) is 5.36. The van der Waals surface area contributed by atoms with Gasteiger partial charge in [-0.15, -0.1) is 0 Å². The highest BCUT2D eigenvalue weighted by molar-refractivity contribution is 6.33. The molecule has 0 atom stereocenters. The number of carbonyl (C=O) groups excluding carboxylic acids is 2. The lowest BCUT2D eigenvalue weighted by Gasteiger charge is -2.34. The second-order valence-electron chi connectivity index (χ2n) is 8.60. The van der Waals surface area contributed by atoms with E-state index in [-0.39, 0.29) is 19.0 Å². The zero-order valence-corrected chi connectivity index (χ0v) is 21.3. The molecule has 2 amide bonds. The average molecular weight is 539 g/mol. The molecule has 0 bridgehead atoms. The number of nitrogens with one attached hydrogen (secondary N) is 1. The number of amides is 2. The van der Waals surface area contributed by atoms with Crippen LogP contribution in [0, 0.1) is 0 Å². The standard InChI is InChI=1S/C25H24Cl2N8O2/c26-16-5-7-17(8-6-16)35-23(18-3-1-2-4-19(18)27)32-22-24(30-15-31-25(22)35)34-11-9-33(10-12-34)14-21(37)29-13-20(28)36/h1-8,15H,9-14H2,(H2,28,36)(H,29,37). The van der Waals surface area contributed by atoms with E-state index in [0.717, 1.165) is 11.3 Å². The van der Waals surface area contributed by atoms with E-state index in [1.165, 1.54) is 6.33 Å². The number of piperazine rings is 1. The monoisotopic (exact) mass is 538 g/mol. The number of imidazole rings is 1. The van der Waals surface area contributed by atoms with Gasteiger partial charge in [0.1, 0.15) is 12.2 Å². The van der Waals surface area contributed by atoms with Crippen molar-refractivity contribution in [1.82, 2.24) is 29.7 Å². The van der Waals surface area contributed by atoms with Crippen LogP contribution in [0.2, 0.25) is 10.0 Å². The van der Waals surface area contributed by atoms with Crippen LogP contribution in [-0.2, 0) is 9.59 Å². The van der Waals surface area contributed by atoms with Crippen LogP contribution in [0.15, 0.2) is 54.9 Å². The zero-order valence-electron chi connectivity index (χ0n) is 19.8. The maximum absolute atomic E-state index is 12.1. The molecule has 1 aliphatic heterocycles. The summed E-state index contributed by atoms with van der Waals surface area (Å²) in [7, 11) is 0. The number of rotatable bonds is 7. The van der Waals surface area contributed by atoms with Gasteiger partial charge < -0.3 is 16.0 Å². The summed E-state index contributed by atoms with van der Waals surface area (Å²) in [5.41, 5.74) is 8.02. The summed E-state index contributed by atoms with van der Waals surface area (Å²) in [5, 5.41) is 3.73. The fraction of sp³-hybridized carbons (Fsp3) is 0.240. The predicted octanol–water partition coefficient (Wildman–Crippen LogP) is 2.51. The Morgan fingerprint density at radius 1 is 0.973 bits per heavy atom. The van der Waals surface area contributed by atoms with Crippen molar-refractivity contribution < 1.29 is 9.59 Å². The Hall–Kier alpha value is -3.73. The van der Waals surface area contributed by atoms with Gasteiger partial charge in [0.2, 0.25) is 11.8 Å². The van der Waals surface area contributed by atoms with E-state index in [1.54, 1.807) is 0 Å². The summed E-state index contributed by atoms with van der Waals surface area (Å²) >= 11 is 12.7. The van der Waals surface area contributed by atoms with Crippen molar-refractivity contribution in [2.24, 2.45) is 5.73 Å². The summed E-state index contributed by atoms with van der Waals surface area (Å²) in [5.74, 6) is 0.557. The molecule has 1 aliphatic rings. The third-order valence-electron chi connectivity index (χ3n) is 6.12. The van der Waals surface area contributed by atoms with E-state index in [1.807, 2.05) is 58.0 Å². The number of nitrogens with zero attached hydrogens (tertiary/aromatic N) is 6. The lowest BCUT2D eigenvalue weighted by Crippen LogP contribution is -2.50. The summed E-state index contributed by atoms with van der Waals surface area (Å²) < 4.78 is 1.96. The summed E-state index contributed by atoms with van der Waals surface area (Å²) in [6.07, 6.45) is 1.53. The molecule has 4 aromatic rings. The minimum Gasteiger partial charge on any atom is -0.368 e. The Balaban J connectivity index is 1.47. The number of carbonyl (C=O) groups is 2. The molecule has 0 unspecified atom stereocenters. The van der Waals surface area contributed by atoms with E-state index >= 15 is 0 Å². The summed E-state index contributed by atoms with van der Waals surface area (Å²) in [6.45, 7) is 2.61. The summed E-state index contributed by atoms with van der Waals surface area (Å²) in [4.78, 5) is 41.3. The normalized spacial score (nSPS) is 14.2. The van der Waals surface area contributed by atoms with Crippen LogP contribution in [0.1, 0.15) is 0 Å². The number of anilines is 1. The van der Waals surface area contributed by atoms with Gasteiger partial charge in [-0.1, -0.05) is 35.3 Å². The highest BCUT2D eigenvalue weighted by atomic mass is 35.5. The van der Waals surface area contributed by atoms with Crippen LogP contribution in [-0.4, -0.2) is 75.5 Å². The largest absolute Gasteiger partial charge is 0.368 e. The van der Waals surface area contributed by atoms with E-state index in [2.05, 4.69) is 20.2 Å². The Morgan fingerprint density at radius 2 is 1.70 bits per heavy atom. The molecule has 12 heteroatoms. The number of halogens is 2. The highest BCUT2D eigenvalue weighted by Gasteiger charge is 2.25. The van der Waals surface area contributed by atoms with Crippen LogP contribution in [0.3, 0.4) is 0 Å². The second-order valence-corrected chi connectivity index (χ2v) is 9.45. The van der Waals surface area contributed by atoms with Crippen molar-refractivity contribution in [3.63, 3.8) is 0 Å². The molecular weight excluding hydrogens is 515 g/mol. The van der Waals surface area contributed by atoms with E-state index in [0.29, 0.717) is 59.0 Å². The van der Waals surface area contributed by atoms with Gasteiger partial charge in [-0.25, -0.2) is 15.0 Å². The number of hydrogen-bond acceptors (Lipinski definition) is 7. The number of benzene rings is 2. The molecule has 0 spiro atoms. The van der Waals surface area contributed by atoms with Crippen molar-refractivity contribution in [2.45, 2.75) is 0 Å². The minimum atomic E-state index is -0.569. The SMILES string of the molecule is NC(=O)CNC(=O)CN1CCN(c2ncnc3c2nc(-c2ccccc2Cl)n3-c2ccc(Cl)cc2)CC1. The quantitative estimate of drug-likeness (QED) is 0.370. The molecule has 190 valence electrons. The molecule has 37 heavy (non-hydrogen) atoms. The second kappa shape index (κ2) is 10.7. The van der Waals surface area contributed by atoms with Crippen LogP contribution in [0.4, 0.5) is 5.82 Å². The number of nitrogens with two attached hydrogens (primary N) is 1. The lowest BCUT2D eigenvalue weighted by molar-refractivity contribution is -0.125. The van der Waals surface area contributed by atoms with Crippen LogP contribution in [0.25, 0.3) is 28.2 Å². The first-order valence-electron chi connectivity index (χ1n) is 11.7. The number of hydrogen-bond donors (Lipinski definition) is 2. The smallest absolute Gasteiger partial charge is 0.236 e. The van der Waals surface area contributed by atoms with Crippen molar-refractivity contribution in [3.05, 3.63) is 64.9 Å². The number of aromatic nitrogens is 4. The van der Waals surface area contributed by atoms with Gasteiger partial charge in [-0.3, -0.25) is 19.1 Å². The Kier molecular flexibility index (Phi) is 7.22. The fourth-order valence-corrected chi connectivity index (χ4v) is 4.68. The molecule has 1 saturated heterocycles. The lowest BCUT2D eigenvalue weighted by atomic mass is 10.2. The van der Waals surface area contributed by atoms with Gasteiger partial charge in [0.25, 0.3) is 0 Å². The average Bonchev–Trinajstić information content (AvgIpc) is 3.28. The predicted molar refractivity (Wildman–Crippen MR) is 143 cm³/mol. The molecule has 2 aromatic carbocycles. The highest BCUT2D eigenvalue weighted by Crippen LogP contribution is 2.34. The minimum absolute atomic E-state index is 0.165. The molecule has 1 fully saturated rings. The molecule has 3 N–H and O–H groups in total. The topological polar surface area (TPSA) is 122 Å². The van der Waals surface area contributed by atoms with E-state index in [4.69, 9.17) is 33.9 Å². The number of fused-ring (bicyclic) bond motifs is 1. The molecule has 0 radical (unpaired) electrons. The first-order chi connectivity index (χ1) is 17.9. The van der Waals surface area contributed by atoms with E-state index < -0.39 is 5.91 Å². The molecular formula is C25H24Cl2N8O2. The molecule has 0 aliphatic carbocycles. The maximum atomic E-state index is 12.1. The first kappa shape index (κ1) is 24.9. The van der Waals surface area contributed by atoms with Gasteiger partial charge >= 0.3 is 0 Å². The van der Waals surface area contributed by atoms with Gasteiger partial charge in [0, 0.05) is 42.5 Å². The molecule has 5 rings (SSSR count). The number of primary amides is 1. The molecule has 10 nitrogen and oxygen atoms in total. The van der Waals surface area contributed by atoms with Crippen LogP contribution >= 0.6 is 23.2 Å². The van der Waals surface area contributed by atoms with Crippen LogP contribution < -0.4 is 16.0 Å². The molecule has 2 aromatic heterocycles. The maximum Gasteiger partial charge on any atom is 0.236 e. The Labute approximate surface area is 223 Å². The molecule has 3 heterocycles. The Bertz CT molecular complexity index is 1450. The first-order valence-corrected chi connectivity index (χ1v) is 12.4.